The highest BCUT2D eigenvalue weighted by atomic mass is 19.1. The van der Waals surface area contributed by atoms with Crippen molar-refractivity contribution in [2.24, 2.45) is 11.7 Å². The minimum Gasteiger partial charge on any atom is -0.493 e. The summed E-state index contributed by atoms with van der Waals surface area (Å²) in [6, 6.07) is 8.49. The Morgan fingerprint density at radius 3 is 2.24 bits per heavy atom. The van der Waals surface area contributed by atoms with Gasteiger partial charge in [0.1, 0.15) is 5.82 Å². The van der Waals surface area contributed by atoms with Crippen molar-refractivity contribution in [3.63, 3.8) is 0 Å². The van der Waals surface area contributed by atoms with Gasteiger partial charge in [-0.1, -0.05) is 18.2 Å². The molecule has 8 nitrogen and oxygen atoms in total. The van der Waals surface area contributed by atoms with Crippen molar-refractivity contribution < 1.29 is 28.2 Å². The molecular weight excluding hydrogens is 441 g/mol. The molecule has 2 unspecified atom stereocenters. The predicted octanol–water partition coefficient (Wildman–Crippen LogP) is 2.48. The average Bonchev–Trinajstić information content (AvgIpc) is 2.85. The lowest BCUT2D eigenvalue weighted by molar-refractivity contribution is -0.137. The highest BCUT2D eigenvalue weighted by Crippen LogP contribution is 2.47. The molecule has 4 rings (SSSR count). The third-order valence-corrected chi connectivity index (χ3v) is 6.87. The molecule has 2 heterocycles. The Bertz CT molecular complexity index is 1130. The van der Waals surface area contributed by atoms with Crippen molar-refractivity contribution in [3.8, 4) is 11.5 Å². The Labute approximate surface area is 197 Å². The first-order chi connectivity index (χ1) is 16.3. The molecule has 2 aromatic rings. The molecule has 9 heteroatoms. The molecule has 2 atom stereocenters. The van der Waals surface area contributed by atoms with Crippen LogP contribution in [0.5, 0.6) is 11.5 Å². The number of nitrogens with two attached hydrogens (primary N) is 1. The summed E-state index contributed by atoms with van der Waals surface area (Å²) in [5, 5.41) is 0. The Hall–Kier alpha value is -3.62. The molecule has 0 saturated carbocycles. The zero-order valence-electron chi connectivity index (χ0n) is 19.4. The van der Waals surface area contributed by atoms with Gasteiger partial charge in [0, 0.05) is 37.2 Å². The second kappa shape index (κ2) is 9.32. The smallest absolute Gasteiger partial charge is 0.254 e. The van der Waals surface area contributed by atoms with Gasteiger partial charge >= 0.3 is 0 Å². The summed E-state index contributed by atoms with van der Waals surface area (Å²) in [7, 11) is 4.51. The molecule has 1 fully saturated rings. The molecular formula is C25H28FN3O5. The molecule has 2 aliphatic heterocycles. The summed E-state index contributed by atoms with van der Waals surface area (Å²) in [5.41, 5.74) is 6.46. The number of methoxy groups -OCH3 is 2. The fourth-order valence-corrected chi connectivity index (χ4v) is 5.00. The molecule has 0 aliphatic carbocycles. The molecule has 1 saturated heterocycles. The van der Waals surface area contributed by atoms with Crippen LogP contribution in [0, 0.1) is 11.7 Å². The molecule has 0 aromatic heterocycles. The molecule has 2 N–H and O–H groups in total. The second-order valence-electron chi connectivity index (χ2n) is 8.66. The Morgan fingerprint density at radius 1 is 1.03 bits per heavy atom. The van der Waals surface area contributed by atoms with Gasteiger partial charge < -0.3 is 25.0 Å². The minimum absolute atomic E-state index is 0.246. The quantitative estimate of drug-likeness (QED) is 0.725. The van der Waals surface area contributed by atoms with Gasteiger partial charge in [-0.2, -0.15) is 0 Å². The molecule has 0 bridgehead atoms. The molecule has 180 valence electrons. The van der Waals surface area contributed by atoms with Crippen LogP contribution >= 0.6 is 0 Å². The van der Waals surface area contributed by atoms with E-state index in [-0.39, 0.29) is 29.2 Å². The third kappa shape index (κ3) is 3.95. The van der Waals surface area contributed by atoms with E-state index in [1.165, 1.54) is 25.2 Å². The van der Waals surface area contributed by atoms with E-state index in [0.29, 0.717) is 48.6 Å². The Morgan fingerprint density at radius 2 is 1.65 bits per heavy atom. The van der Waals surface area contributed by atoms with Crippen molar-refractivity contribution in [1.82, 2.24) is 9.80 Å². The summed E-state index contributed by atoms with van der Waals surface area (Å²) in [4.78, 5) is 42.0. The van der Waals surface area contributed by atoms with E-state index < -0.39 is 17.8 Å². The van der Waals surface area contributed by atoms with Crippen molar-refractivity contribution in [2.45, 2.75) is 24.8 Å². The molecule has 2 aliphatic rings. The lowest BCUT2D eigenvalue weighted by Gasteiger charge is -2.43. The van der Waals surface area contributed by atoms with E-state index in [4.69, 9.17) is 15.2 Å². The van der Waals surface area contributed by atoms with Crippen LogP contribution in [0.15, 0.2) is 36.4 Å². The number of rotatable bonds is 5. The van der Waals surface area contributed by atoms with Gasteiger partial charge in [-0.05, 0) is 36.6 Å². The number of ether oxygens (including phenoxy) is 2. The summed E-state index contributed by atoms with van der Waals surface area (Å²) < 4.78 is 25.8. The fraction of sp³-hybridized carbons (Fsp3) is 0.400. The van der Waals surface area contributed by atoms with Gasteiger partial charge in [0.05, 0.1) is 26.2 Å². The van der Waals surface area contributed by atoms with Crippen molar-refractivity contribution in [3.05, 3.63) is 58.9 Å². The van der Waals surface area contributed by atoms with E-state index in [1.807, 2.05) is 0 Å². The van der Waals surface area contributed by atoms with Gasteiger partial charge in [0.25, 0.3) is 5.91 Å². The average molecular weight is 470 g/mol. The maximum atomic E-state index is 15.0. The van der Waals surface area contributed by atoms with E-state index >= 15 is 0 Å². The monoisotopic (exact) mass is 469 g/mol. The molecule has 0 spiro atoms. The number of likely N-dealkylation sites (tertiary alicyclic amines) is 1. The first kappa shape index (κ1) is 23.5. The first-order valence-corrected chi connectivity index (χ1v) is 11.1. The third-order valence-electron chi connectivity index (χ3n) is 6.87. The van der Waals surface area contributed by atoms with Crippen LogP contribution < -0.4 is 15.2 Å². The van der Waals surface area contributed by atoms with Crippen molar-refractivity contribution in [2.75, 3.05) is 34.4 Å². The maximum absolute atomic E-state index is 15.0. The standard InChI is InChI=1S/C25H28FN3O5/c1-28-22(15-6-4-5-7-18(15)26)21(25(32)29-10-8-14(9-11-29)23(27)30)16-12-19(33-2)20(34-3)13-17(16)24(28)31/h4-7,12-14,21-22H,8-11H2,1-3H3,(H2,27,30). The number of hydrogen-bond acceptors (Lipinski definition) is 5. The highest BCUT2D eigenvalue weighted by molar-refractivity contribution is 6.02. The van der Waals surface area contributed by atoms with E-state index in [1.54, 1.807) is 42.3 Å². The van der Waals surface area contributed by atoms with Gasteiger partial charge in [-0.15, -0.1) is 0 Å². The Kier molecular flexibility index (Phi) is 6.45. The van der Waals surface area contributed by atoms with Crippen LogP contribution in [0.3, 0.4) is 0 Å². The van der Waals surface area contributed by atoms with Crippen LogP contribution in [-0.2, 0) is 9.59 Å². The molecule has 3 amide bonds. The number of halogens is 1. The number of hydrogen-bond donors (Lipinski definition) is 1. The number of carbonyl (C=O) groups is 3. The number of benzene rings is 2. The minimum atomic E-state index is -0.875. The zero-order chi connectivity index (χ0) is 24.6. The van der Waals surface area contributed by atoms with Gasteiger partial charge in [-0.25, -0.2) is 4.39 Å². The fourth-order valence-electron chi connectivity index (χ4n) is 5.00. The number of piperidine rings is 1. The van der Waals surface area contributed by atoms with Crippen LogP contribution in [0.4, 0.5) is 4.39 Å². The number of primary amides is 1. The molecule has 34 heavy (non-hydrogen) atoms. The summed E-state index contributed by atoms with van der Waals surface area (Å²) in [5.74, 6) is -1.89. The van der Waals surface area contributed by atoms with E-state index in [0.717, 1.165) is 0 Å². The van der Waals surface area contributed by atoms with Crippen LogP contribution in [-0.4, -0.2) is 61.9 Å². The zero-order valence-corrected chi connectivity index (χ0v) is 19.4. The molecule has 2 aromatic carbocycles. The second-order valence-corrected chi connectivity index (χ2v) is 8.66. The summed E-state index contributed by atoms with van der Waals surface area (Å²) >= 11 is 0. The number of likely N-dealkylation sites (N-methyl/N-ethyl adjacent to an activating group) is 1. The number of carbonyl (C=O) groups excluding carboxylic acids is 3. The van der Waals surface area contributed by atoms with E-state index in [9.17, 15) is 18.8 Å². The van der Waals surface area contributed by atoms with Crippen LogP contribution in [0.1, 0.15) is 46.3 Å². The van der Waals surface area contributed by atoms with Gasteiger partial charge in [0.15, 0.2) is 11.5 Å². The van der Waals surface area contributed by atoms with E-state index in [2.05, 4.69) is 0 Å². The highest BCUT2D eigenvalue weighted by Gasteiger charge is 2.46. The number of nitrogens with zero attached hydrogens (tertiary/aromatic N) is 2. The maximum Gasteiger partial charge on any atom is 0.254 e. The Balaban J connectivity index is 1.84. The van der Waals surface area contributed by atoms with Crippen molar-refractivity contribution in [1.29, 1.82) is 0 Å². The summed E-state index contributed by atoms with van der Waals surface area (Å²) in [6.45, 7) is 0.709. The topological polar surface area (TPSA) is 102 Å². The van der Waals surface area contributed by atoms with Crippen molar-refractivity contribution >= 4 is 17.7 Å². The normalized spacial score (nSPS) is 20.6. The largest absolute Gasteiger partial charge is 0.493 e. The van der Waals surface area contributed by atoms with Gasteiger partial charge in [-0.3, -0.25) is 14.4 Å². The number of amides is 3. The predicted molar refractivity (Wildman–Crippen MR) is 122 cm³/mol. The lowest BCUT2D eigenvalue weighted by atomic mass is 9.78. The van der Waals surface area contributed by atoms with Gasteiger partial charge in [0.2, 0.25) is 11.8 Å². The van der Waals surface area contributed by atoms with Crippen LogP contribution in [0.25, 0.3) is 0 Å². The SMILES string of the molecule is COc1cc2c(cc1OC)C(C(=O)N1CCC(C(N)=O)CC1)C(c1ccccc1F)N(C)C2=O. The number of fused-ring (bicyclic) bond motifs is 1. The molecule has 0 radical (unpaired) electrons. The summed E-state index contributed by atoms with van der Waals surface area (Å²) in [6.07, 6.45) is 0.928. The van der Waals surface area contributed by atoms with Crippen LogP contribution in [0.2, 0.25) is 0 Å². The first-order valence-electron chi connectivity index (χ1n) is 11.1. The lowest BCUT2D eigenvalue weighted by Crippen LogP contribution is -2.49.